The molecule has 28 heavy (non-hydrogen) atoms. The molecule has 0 unspecified atom stereocenters. The van der Waals surface area contributed by atoms with E-state index in [-0.39, 0.29) is 36.7 Å². The highest BCUT2D eigenvalue weighted by atomic mass is 79.9. The van der Waals surface area contributed by atoms with Gasteiger partial charge in [0.1, 0.15) is 5.75 Å². The largest absolute Gasteiger partial charge is 0.484 e. The molecule has 0 saturated carbocycles. The highest BCUT2D eigenvalue weighted by Gasteiger charge is 2.34. The maximum absolute atomic E-state index is 12.4. The zero-order valence-corrected chi connectivity index (χ0v) is 17.0. The van der Waals surface area contributed by atoms with Crippen molar-refractivity contribution in [3.63, 3.8) is 0 Å². The van der Waals surface area contributed by atoms with E-state index in [0.29, 0.717) is 10.7 Å². The predicted octanol–water partition coefficient (Wildman–Crippen LogP) is 3.08. The Morgan fingerprint density at radius 3 is 2.75 bits per heavy atom. The zero-order chi connectivity index (χ0) is 19.9. The lowest BCUT2D eigenvalue weighted by Crippen LogP contribution is -2.38. The van der Waals surface area contributed by atoms with E-state index < -0.39 is 0 Å². The quantitative estimate of drug-likeness (QED) is 0.637. The normalized spacial score (nSPS) is 15.2. The van der Waals surface area contributed by atoms with Gasteiger partial charge in [-0.25, -0.2) is 0 Å². The first kappa shape index (κ1) is 20.1. The number of hydrogen-bond acceptors (Lipinski definition) is 6. The van der Waals surface area contributed by atoms with Gasteiger partial charge >= 0.3 is 0 Å². The van der Waals surface area contributed by atoms with E-state index >= 15 is 0 Å². The number of ether oxygens (including phenoxy) is 1. The van der Waals surface area contributed by atoms with Gasteiger partial charge in [0, 0.05) is 30.0 Å². The zero-order valence-electron chi connectivity index (χ0n) is 14.6. The van der Waals surface area contributed by atoms with Crippen LogP contribution in [-0.4, -0.2) is 46.6 Å². The molecule has 3 rings (SSSR count). The maximum atomic E-state index is 12.4. The van der Waals surface area contributed by atoms with Gasteiger partial charge in [-0.3, -0.25) is 24.3 Å². The van der Waals surface area contributed by atoms with E-state index in [1.165, 1.54) is 0 Å². The Hall–Kier alpha value is -2.65. The number of rotatable bonds is 7. The number of nitrogens with one attached hydrogen (secondary N) is 1. The minimum atomic E-state index is -0.376. The van der Waals surface area contributed by atoms with Crippen molar-refractivity contribution in [3.8, 4) is 5.75 Å². The summed E-state index contributed by atoms with van der Waals surface area (Å²) in [5.74, 6) is -0.134. The van der Waals surface area contributed by atoms with Crippen LogP contribution in [0.1, 0.15) is 5.56 Å². The molecule has 0 bridgehead atoms. The molecule has 1 aromatic heterocycles. The SMILES string of the molecule is O=C(COc1ccc(Br)cc1)NCCN1C(=O)SC(=Cc2cccnc2)C1=O. The number of benzene rings is 1. The topological polar surface area (TPSA) is 88.6 Å². The fraction of sp³-hybridized carbons (Fsp3) is 0.158. The second kappa shape index (κ2) is 9.52. The van der Waals surface area contributed by atoms with Gasteiger partial charge in [0.05, 0.1) is 4.91 Å². The summed E-state index contributed by atoms with van der Waals surface area (Å²) in [6, 6.07) is 10.7. The van der Waals surface area contributed by atoms with E-state index in [1.807, 2.05) is 12.1 Å². The first-order valence-corrected chi connectivity index (χ1v) is 9.94. The van der Waals surface area contributed by atoms with Crippen molar-refractivity contribution < 1.29 is 19.1 Å². The third-order valence-electron chi connectivity index (χ3n) is 3.70. The van der Waals surface area contributed by atoms with E-state index in [2.05, 4.69) is 26.2 Å². The lowest BCUT2D eigenvalue weighted by Gasteiger charge is -2.13. The summed E-state index contributed by atoms with van der Waals surface area (Å²) >= 11 is 4.19. The van der Waals surface area contributed by atoms with Gasteiger partial charge in [-0.1, -0.05) is 22.0 Å². The summed E-state index contributed by atoms with van der Waals surface area (Å²) in [4.78, 5) is 41.8. The molecule has 144 valence electrons. The van der Waals surface area contributed by atoms with Crippen LogP contribution in [0.4, 0.5) is 4.79 Å². The van der Waals surface area contributed by atoms with Crippen LogP contribution in [-0.2, 0) is 9.59 Å². The lowest BCUT2D eigenvalue weighted by molar-refractivity contribution is -0.125. The number of amides is 3. The third kappa shape index (κ3) is 5.43. The molecule has 0 spiro atoms. The summed E-state index contributed by atoms with van der Waals surface area (Å²) in [5, 5.41) is 2.28. The van der Waals surface area contributed by atoms with Crippen molar-refractivity contribution in [2.45, 2.75) is 0 Å². The number of nitrogens with zero attached hydrogens (tertiary/aromatic N) is 2. The van der Waals surface area contributed by atoms with Crippen LogP contribution in [0.5, 0.6) is 5.75 Å². The molecule has 1 saturated heterocycles. The van der Waals surface area contributed by atoms with Gasteiger partial charge in [0.15, 0.2) is 6.61 Å². The van der Waals surface area contributed by atoms with Crippen LogP contribution in [0.15, 0.2) is 58.2 Å². The number of carbonyl (C=O) groups is 3. The van der Waals surface area contributed by atoms with Crippen molar-refractivity contribution in [2.75, 3.05) is 19.7 Å². The molecule has 0 atom stereocenters. The summed E-state index contributed by atoms with van der Waals surface area (Å²) in [7, 11) is 0. The third-order valence-corrected chi connectivity index (χ3v) is 5.13. The number of carbonyl (C=O) groups excluding carboxylic acids is 3. The molecule has 1 aliphatic rings. The highest BCUT2D eigenvalue weighted by molar-refractivity contribution is 9.10. The molecule has 3 amide bonds. The van der Waals surface area contributed by atoms with E-state index in [4.69, 9.17) is 4.74 Å². The van der Waals surface area contributed by atoms with E-state index in [1.54, 1.807) is 42.7 Å². The molecule has 1 N–H and O–H groups in total. The average Bonchev–Trinajstić information content (AvgIpc) is 2.95. The summed E-state index contributed by atoms with van der Waals surface area (Å²) in [5.41, 5.74) is 0.742. The fourth-order valence-corrected chi connectivity index (χ4v) is 3.47. The number of hydrogen-bond donors (Lipinski definition) is 1. The number of halogens is 1. The lowest BCUT2D eigenvalue weighted by atomic mass is 10.2. The molecule has 9 heteroatoms. The summed E-state index contributed by atoms with van der Waals surface area (Å²) < 4.78 is 6.29. The Kier molecular flexibility index (Phi) is 6.83. The number of imide groups is 1. The van der Waals surface area contributed by atoms with Gasteiger partial charge in [0.2, 0.25) is 0 Å². The molecule has 2 heterocycles. The van der Waals surface area contributed by atoms with Crippen molar-refractivity contribution in [1.29, 1.82) is 0 Å². The molecule has 0 radical (unpaired) electrons. The van der Waals surface area contributed by atoms with Gasteiger partial charge in [-0.2, -0.15) is 0 Å². The minimum Gasteiger partial charge on any atom is -0.484 e. The van der Waals surface area contributed by atoms with Crippen molar-refractivity contribution in [1.82, 2.24) is 15.2 Å². The smallest absolute Gasteiger partial charge is 0.293 e. The number of aromatic nitrogens is 1. The Balaban J connectivity index is 1.46. The van der Waals surface area contributed by atoms with Crippen LogP contribution < -0.4 is 10.1 Å². The van der Waals surface area contributed by atoms with Crippen LogP contribution in [0.3, 0.4) is 0 Å². The van der Waals surface area contributed by atoms with Crippen LogP contribution in [0.2, 0.25) is 0 Å². The number of pyridine rings is 1. The van der Waals surface area contributed by atoms with Gasteiger partial charge < -0.3 is 10.1 Å². The van der Waals surface area contributed by atoms with E-state index in [0.717, 1.165) is 26.7 Å². The molecular formula is C19H16BrN3O4S. The summed E-state index contributed by atoms with van der Waals surface area (Å²) in [6.07, 6.45) is 4.87. The van der Waals surface area contributed by atoms with Gasteiger partial charge in [-0.05, 0) is 53.7 Å². The van der Waals surface area contributed by atoms with Crippen molar-refractivity contribution in [3.05, 3.63) is 63.7 Å². The minimum absolute atomic E-state index is 0.0963. The van der Waals surface area contributed by atoms with Gasteiger partial charge in [-0.15, -0.1) is 0 Å². The predicted molar refractivity (Wildman–Crippen MR) is 110 cm³/mol. The molecule has 0 aliphatic carbocycles. The first-order valence-electron chi connectivity index (χ1n) is 8.33. The first-order chi connectivity index (χ1) is 13.5. The summed E-state index contributed by atoms with van der Waals surface area (Å²) in [6.45, 7) is 0.101. The van der Waals surface area contributed by atoms with Crippen molar-refractivity contribution >= 4 is 50.8 Å². The highest BCUT2D eigenvalue weighted by Crippen LogP contribution is 2.31. The van der Waals surface area contributed by atoms with E-state index in [9.17, 15) is 14.4 Å². The van der Waals surface area contributed by atoms with Crippen LogP contribution in [0.25, 0.3) is 6.08 Å². The Morgan fingerprint density at radius 2 is 2.04 bits per heavy atom. The second-order valence-electron chi connectivity index (χ2n) is 5.71. The Labute approximate surface area is 174 Å². The number of thioether (sulfide) groups is 1. The molecule has 1 fully saturated rings. The van der Waals surface area contributed by atoms with Crippen molar-refractivity contribution in [2.24, 2.45) is 0 Å². The molecule has 7 nitrogen and oxygen atoms in total. The second-order valence-corrected chi connectivity index (χ2v) is 7.62. The Bertz CT molecular complexity index is 903. The maximum Gasteiger partial charge on any atom is 0.293 e. The van der Waals surface area contributed by atoms with Crippen LogP contribution >= 0.6 is 27.7 Å². The molecule has 2 aromatic rings. The fourth-order valence-electron chi connectivity index (χ4n) is 2.34. The van der Waals surface area contributed by atoms with Crippen LogP contribution in [0, 0.1) is 0 Å². The average molecular weight is 462 g/mol. The Morgan fingerprint density at radius 1 is 1.25 bits per heavy atom. The molecule has 1 aromatic carbocycles. The standard InChI is InChI=1S/C19H16BrN3O4S/c20-14-3-5-15(6-4-14)27-12-17(24)22-8-9-23-18(25)16(28-19(23)26)10-13-2-1-7-21-11-13/h1-7,10-11H,8-9,12H2,(H,22,24). The monoisotopic (exact) mass is 461 g/mol. The molecule has 1 aliphatic heterocycles. The molecular weight excluding hydrogens is 446 g/mol. The van der Waals surface area contributed by atoms with Gasteiger partial charge in [0.25, 0.3) is 17.1 Å².